The summed E-state index contributed by atoms with van der Waals surface area (Å²) in [6, 6.07) is -0.253. The first-order valence-electron chi connectivity index (χ1n) is 12.3. The number of piperazine rings is 1. The predicted octanol–water partition coefficient (Wildman–Crippen LogP) is 3.90. The number of nitrogens with one attached hydrogen (secondary N) is 1. The van der Waals surface area contributed by atoms with E-state index < -0.39 is 5.60 Å². The Morgan fingerprint density at radius 1 is 1.21 bits per heavy atom. The van der Waals surface area contributed by atoms with Gasteiger partial charge in [0.05, 0.1) is 0 Å². The second-order valence-corrected chi connectivity index (χ2v) is 10.4. The number of ether oxygens (including phenoxy) is 1. The maximum Gasteiger partial charge on any atom is 0.410 e. The first-order valence-corrected chi connectivity index (χ1v) is 12.3. The van der Waals surface area contributed by atoms with Crippen molar-refractivity contribution in [2.45, 2.75) is 78.9 Å². The Morgan fingerprint density at radius 2 is 1.91 bits per heavy atom. The highest BCUT2D eigenvalue weighted by Crippen LogP contribution is 2.38. The predicted molar refractivity (Wildman–Crippen MR) is 131 cm³/mol. The molecule has 3 rings (SSSR count). The summed E-state index contributed by atoms with van der Waals surface area (Å²) in [6.07, 6.45) is 5.01. The van der Waals surface area contributed by atoms with Gasteiger partial charge in [-0.3, -0.25) is 4.79 Å². The highest BCUT2D eigenvalue weighted by atomic mass is 16.6. The van der Waals surface area contributed by atoms with Gasteiger partial charge >= 0.3 is 6.09 Å². The number of unbranched alkanes of at least 4 members (excludes halogenated alkanes) is 1. The molecule has 0 aliphatic carbocycles. The Kier molecular flexibility index (Phi) is 8.02. The van der Waals surface area contributed by atoms with Crippen molar-refractivity contribution in [3.05, 3.63) is 6.33 Å². The zero-order chi connectivity index (χ0) is 24.2. The molecule has 1 fully saturated rings. The van der Waals surface area contributed by atoms with E-state index in [1.165, 1.54) is 0 Å². The molecule has 0 aromatic carbocycles. The second kappa shape index (κ2) is 10.6. The van der Waals surface area contributed by atoms with Gasteiger partial charge in [0.2, 0.25) is 5.91 Å². The zero-order valence-corrected chi connectivity index (χ0v) is 21.1. The van der Waals surface area contributed by atoms with E-state index >= 15 is 0 Å². The zero-order valence-electron chi connectivity index (χ0n) is 21.1. The van der Waals surface area contributed by atoms with Crippen molar-refractivity contribution >= 4 is 29.3 Å². The van der Waals surface area contributed by atoms with Crippen LogP contribution in [0.3, 0.4) is 0 Å². The van der Waals surface area contributed by atoms with Gasteiger partial charge in [-0.2, -0.15) is 0 Å². The van der Waals surface area contributed by atoms with E-state index in [4.69, 9.17) is 4.74 Å². The van der Waals surface area contributed by atoms with Gasteiger partial charge in [-0.25, -0.2) is 14.8 Å². The lowest BCUT2D eigenvalue weighted by Gasteiger charge is -2.40. The number of hydrogen-bond acceptors (Lipinski definition) is 7. The molecular weight excluding hydrogens is 420 g/mol. The molecule has 184 valence electrons. The van der Waals surface area contributed by atoms with Crippen molar-refractivity contribution in [2.24, 2.45) is 5.92 Å². The fraction of sp³-hybridized carbons (Fsp3) is 0.750. The van der Waals surface area contributed by atoms with Crippen LogP contribution in [-0.2, 0) is 9.53 Å². The van der Waals surface area contributed by atoms with Crippen LogP contribution in [0.4, 0.5) is 22.1 Å². The fourth-order valence-electron chi connectivity index (χ4n) is 4.12. The van der Waals surface area contributed by atoms with Crippen LogP contribution in [0.25, 0.3) is 0 Å². The Labute approximate surface area is 197 Å². The summed E-state index contributed by atoms with van der Waals surface area (Å²) in [5, 5.41) is 3.38. The molecule has 1 saturated heterocycles. The second-order valence-electron chi connectivity index (χ2n) is 10.4. The normalized spacial score (nSPS) is 18.9. The van der Waals surface area contributed by atoms with Gasteiger partial charge in [-0.05, 0) is 39.5 Å². The summed E-state index contributed by atoms with van der Waals surface area (Å²) in [7, 11) is 0. The third-order valence-corrected chi connectivity index (χ3v) is 5.96. The molecule has 1 aromatic rings. The third-order valence-electron chi connectivity index (χ3n) is 5.96. The Morgan fingerprint density at radius 3 is 2.52 bits per heavy atom. The van der Waals surface area contributed by atoms with Crippen LogP contribution in [0.1, 0.15) is 67.2 Å². The quantitative estimate of drug-likeness (QED) is 0.660. The van der Waals surface area contributed by atoms with Crippen LogP contribution in [0.5, 0.6) is 0 Å². The molecule has 0 unspecified atom stereocenters. The number of carbonyl (C=O) groups is 2. The Bertz CT molecular complexity index is 830. The molecule has 33 heavy (non-hydrogen) atoms. The van der Waals surface area contributed by atoms with Crippen LogP contribution in [0, 0.1) is 5.92 Å². The molecule has 0 bridgehead atoms. The monoisotopic (exact) mass is 460 g/mol. The summed E-state index contributed by atoms with van der Waals surface area (Å²) < 4.78 is 5.52. The molecule has 3 heterocycles. The van der Waals surface area contributed by atoms with Gasteiger partial charge in [-0.15, -0.1) is 0 Å². The molecule has 2 aliphatic rings. The van der Waals surface area contributed by atoms with Gasteiger partial charge < -0.3 is 24.8 Å². The van der Waals surface area contributed by atoms with E-state index in [2.05, 4.69) is 41.0 Å². The average molecular weight is 461 g/mol. The van der Waals surface area contributed by atoms with Gasteiger partial charge in [0.1, 0.15) is 23.7 Å². The summed E-state index contributed by atoms with van der Waals surface area (Å²) in [4.78, 5) is 40.7. The van der Waals surface area contributed by atoms with Crippen LogP contribution in [0.15, 0.2) is 6.33 Å². The molecule has 1 aromatic heterocycles. The Hall–Kier alpha value is -2.58. The van der Waals surface area contributed by atoms with Crippen LogP contribution >= 0.6 is 0 Å². The van der Waals surface area contributed by atoms with E-state index in [1.807, 2.05) is 25.7 Å². The maximum atomic E-state index is 13.4. The molecule has 1 atom stereocenters. The van der Waals surface area contributed by atoms with Crippen LogP contribution < -0.4 is 15.1 Å². The number of fused-ring (bicyclic) bond motifs is 1. The smallest absolute Gasteiger partial charge is 0.410 e. The molecule has 1 N–H and O–H groups in total. The van der Waals surface area contributed by atoms with E-state index in [9.17, 15) is 9.59 Å². The highest BCUT2D eigenvalue weighted by molar-refractivity contribution is 6.07. The number of carbonyl (C=O) groups excluding carboxylic acids is 2. The first kappa shape index (κ1) is 25.1. The minimum atomic E-state index is -0.517. The van der Waals surface area contributed by atoms with Crippen LogP contribution in [0.2, 0.25) is 0 Å². The molecule has 9 heteroatoms. The van der Waals surface area contributed by atoms with E-state index in [0.29, 0.717) is 38.6 Å². The molecule has 2 amide bonds. The average Bonchev–Trinajstić information content (AvgIpc) is 2.75. The number of amides is 2. The molecule has 0 saturated carbocycles. The van der Waals surface area contributed by atoms with Gasteiger partial charge in [0, 0.05) is 32.7 Å². The molecule has 0 radical (unpaired) electrons. The van der Waals surface area contributed by atoms with E-state index in [0.717, 1.165) is 43.0 Å². The molecule has 2 aliphatic heterocycles. The van der Waals surface area contributed by atoms with Gasteiger partial charge in [0.15, 0.2) is 11.6 Å². The SMILES string of the molecule is CCCC[C@@H]1Nc2ncnc(N3CCN(C(=O)OC(C)(C)C)CC3)c2N(CCC(C)C)C1=O. The van der Waals surface area contributed by atoms with E-state index in [-0.39, 0.29) is 18.0 Å². The number of anilines is 3. The van der Waals surface area contributed by atoms with Crippen molar-refractivity contribution in [3.8, 4) is 0 Å². The van der Waals surface area contributed by atoms with Crippen LogP contribution in [-0.4, -0.2) is 71.2 Å². The standard InChI is InChI=1S/C24H40N6O3/c1-7-8-9-18-22(31)30(11-10-17(2)3)19-20(27-18)25-16-26-21(19)28-12-14-29(15-13-28)23(32)33-24(4,5)6/h16-18H,7-15H2,1-6H3,(H,25,26,27)/t18-/m0/s1. The summed E-state index contributed by atoms with van der Waals surface area (Å²) in [5.74, 6) is 2.05. The van der Waals surface area contributed by atoms with Crippen molar-refractivity contribution in [2.75, 3.05) is 47.8 Å². The molecule has 0 spiro atoms. The highest BCUT2D eigenvalue weighted by Gasteiger charge is 2.37. The fourth-order valence-corrected chi connectivity index (χ4v) is 4.12. The number of rotatable bonds is 7. The van der Waals surface area contributed by atoms with Crippen molar-refractivity contribution in [1.82, 2.24) is 14.9 Å². The maximum absolute atomic E-state index is 13.4. The largest absolute Gasteiger partial charge is 0.444 e. The van der Waals surface area contributed by atoms with Crippen molar-refractivity contribution < 1.29 is 14.3 Å². The minimum absolute atomic E-state index is 0.0973. The molecule has 9 nitrogen and oxygen atoms in total. The number of aromatic nitrogens is 2. The molecular formula is C24H40N6O3. The lowest BCUT2D eigenvalue weighted by atomic mass is 10.0. The summed E-state index contributed by atoms with van der Waals surface area (Å²) in [6.45, 7) is 15.1. The van der Waals surface area contributed by atoms with Gasteiger partial charge in [0.25, 0.3) is 0 Å². The van der Waals surface area contributed by atoms with Crippen molar-refractivity contribution in [3.63, 3.8) is 0 Å². The van der Waals surface area contributed by atoms with Gasteiger partial charge in [-0.1, -0.05) is 33.6 Å². The third kappa shape index (κ3) is 6.26. The Balaban J connectivity index is 1.81. The first-order chi connectivity index (χ1) is 15.6. The number of nitrogens with zero attached hydrogens (tertiary/aromatic N) is 5. The summed E-state index contributed by atoms with van der Waals surface area (Å²) in [5.41, 5.74) is 0.249. The lowest BCUT2D eigenvalue weighted by molar-refractivity contribution is -0.119. The lowest BCUT2D eigenvalue weighted by Crippen LogP contribution is -2.52. The number of hydrogen-bond donors (Lipinski definition) is 1. The minimum Gasteiger partial charge on any atom is -0.444 e. The topological polar surface area (TPSA) is 90.9 Å². The van der Waals surface area contributed by atoms with Crippen molar-refractivity contribution in [1.29, 1.82) is 0 Å². The summed E-state index contributed by atoms with van der Waals surface area (Å²) >= 11 is 0. The van der Waals surface area contributed by atoms with E-state index in [1.54, 1.807) is 11.2 Å².